The Morgan fingerprint density at radius 2 is 1.94 bits per heavy atom. The molecule has 0 bridgehead atoms. The fraction of sp³-hybridized carbons (Fsp3) is 0.500. The van der Waals surface area contributed by atoms with Crippen LogP contribution in [0.3, 0.4) is 0 Å². The number of ether oxygens (including phenoxy) is 2. The summed E-state index contributed by atoms with van der Waals surface area (Å²) in [6.07, 6.45) is -1.28. The number of nitrogens with zero attached hydrogens (tertiary/aromatic N) is 1. The van der Waals surface area contributed by atoms with E-state index in [2.05, 4.69) is 29.8 Å². The van der Waals surface area contributed by atoms with Crippen molar-refractivity contribution in [3.8, 4) is 5.75 Å². The summed E-state index contributed by atoms with van der Waals surface area (Å²) in [5.74, 6) is -1.74. The summed E-state index contributed by atoms with van der Waals surface area (Å²) >= 11 is 4.18. The Labute approximate surface area is 198 Å². The number of urea groups is 1. The second-order valence-corrected chi connectivity index (χ2v) is 8.62. The lowest BCUT2D eigenvalue weighted by Crippen LogP contribution is -2.58. The Bertz CT molecular complexity index is 878. The molecule has 1 aromatic rings. The first-order valence-corrected chi connectivity index (χ1v) is 10.7. The van der Waals surface area contributed by atoms with Gasteiger partial charge in [0.15, 0.2) is 0 Å². The maximum Gasteiger partial charge on any atom is 0.323 e. The van der Waals surface area contributed by atoms with Crippen LogP contribution in [0.5, 0.6) is 5.75 Å². The van der Waals surface area contributed by atoms with Crippen LogP contribution < -0.4 is 15.4 Å². The average molecular weight is 486 g/mol. The van der Waals surface area contributed by atoms with Crippen LogP contribution in [0.1, 0.15) is 45.8 Å². The van der Waals surface area contributed by atoms with Crippen molar-refractivity contribution in [2.75, 3.05) is 20.3 Å². The molecule has 1 rings (SSSR count). The van der Waals surface area contributed by atoms with Gasteiger partial charge in [0.25, 0.3) is 0 Å². The lowest BCUT2D eigenvalue weighted by atomic mass is 10.0. The highest BCUT2D eigenvalue weighted by molar-refractivity contribution is 7.84. The normalized spacial score (nSPS) is 12.1. The fourth-order valence-corrected chi connectivity index (χ4v) is 2.96. The first-order valence-electron chi connectivity index (χ1n) is 10.2. The summed E-state index contributed by atoms with van der Waals surface area (Å²) in [5, 5.41) is 14.3. The van der Waals surface area contributed by atoms with Gasteiger partial charge in [0.2, 0.25) is 5.91 Å². The zero-order chi connectivity index (χ0) is 25.3. The predicted molar refractivity (Wildman–Crippen MR) is 125 cm³/mol. The molecule has 0 fully saturated rings. The van der Waals surface area contributed by atoms with Gasteiger partial charge in [-0.25, -0.2) is 9.18 Å². The topological polar surface area (TPSA) is 117 Å². The molecule has 0 aliphatic rings. The van der Waals surface area contributed by atoms with Gasteiger partial charge in [-0.2, -0.15) is 0 Å². The second-order valence-electron chi connectivity index (χ2n) is 8.10. The monoisotopic (exact) mass is 485 g/mol. The van der Waals surface area contributed by atoms with Crippen LogP contribution in [-0.2, 0) is 14.3 Å². The molecule has 1 aromatic carbocycles. The molecule has 3 N–H and O–H groups in total. The molecule has 3 amide bonds. The molecular weight excluding hydrogens is 453 g/mol. The maximum atomic E-state index is 14.0. The van der Waals surface area contributed by atoms with Gasteiger partial charge in [0.1, 0.15) is 23.2 Å². The van der Waals surface area contributed by atoms with E-state index in [1.165, 1.54) is 25.3 Å². The number of benzene rings is 1. The molecule has 1 atom stereocenters. The summed E-state index contributed by atoms with van der Waals surface area (Å²) in [5.41, 5.74) is -0.994. The third-order valence-corrected chi connectivity index (χ3v) is 4.73. The lowest BCUT2D eigenvalue weighted by molar-refractivity contribution is -0.138. The average Bonchev–Trinajstić information content (AvgIpc) is 2.68. The zero-order valence-corrected chi connectivity index (χ0v) is 20.4. The fourth-order valence-electron chi connectivity index (χ4n) is 2.79. The van der Waals surface area contributed by atoms with E-state index in [0.717, 1.165) is 4.90 Å². The number of rotatable bonds is 12. The first kappa shape index (κ1) is 28.2. The number of hydrogen-bond donors (Lipinski definition) is 4. The minimum absolute atomic E-state index is 0.0368. The minimum Gasteiger partial charge on any atom is -0.496 e. The molecular formula is C22H32FN3O6S. The van der Waals surface area contributed by atoms with E-state index >= 15 is 0 Å². The SMILES string of the molecule is C=C(S)N(C[C@H](OCCC(=O)O)c1cc(F)ccc1OC)C(=O)NC(C)(C)C(=O)NC(C)C. The van der Waals surface area contributed by atoms with Gasteiger partial charge in [0, 0.05) is 11.6 Å². The smallest absolute Gasteiger partial charge is 0.323 e. The number of nitrogens with one attached hydrogen (secondary N) is 2. The number of halogens is 1. The number of carbonyl (C=O) groups is 3. The van der Waals surface area contributed by atoms with Gasteiger partial charge in [-0.1, -0.05) is 6.58 Å². The Morgan fingerprint density at radius 3 is 2.45 bits per heavy atom. The summed E-state index contributed by atoms with van der Waals surface area (Å²) in [4.78, 5) is 37.5. The second kappa shape index (κ2) is 12.4. The van der Waals surface area contributed by atoms with Crippen LogP contribution in [0, 0.1) is 5.82 Å². The number of carboxylic acid groups (broad SMARTS) is 1. The molecule has 0 spiro atoms. The van der Waals surface area contributed by atoms with Crippen molar-refractivity contribution < 1.29 is 33.4 Å². The molecule has 0 saturated carbocycles. The van der Waals surface area contributed by atoms with Crippen molar-refractivity contribution in [1.82, 2.24) is 15.5 Å². The molecule has 0 aliphatic heterocycles. The van der Waals surface area contributed by atoms with E-state index in [0.29, 0.717) is 5.75 Å². The number of aliphatic carboxylic acids is 1. The van der Waals surface area contributed by atoms with Gasteiger partial charge in [-0.05, 0) is 45.9 Å². The van der Waals surface area contributed by atoms with Gasteiger partial charge in [0.05, 0.1) is 31.7 Å². The Balaban J connectivity index is 3.20. The number of carboxylic acids is 1. The van der Waals surface area contributed by atoms with Gasteiger partial charge < -0.3 is 25.2 Å². The Hall–Kier alpha value is -2.79. The molecule has 0 radical (unpaired) electrons. The van der Waals surface area contributed by atoms with Crippen molar-refractivity contribution in [3.63, 3.8) is 0 Å². The van der Waals surface area contributed by atoms with Crippen LogP contribution in [0.2, 0.25) is 0 Å². The largest absolute Gasteiger partial charge is 0.496 e. The number of methoxy groups -OCH3 is 1. The van der Waals surface area contributed by atoms with Crippen LogP contribution in [0.4, 0.5) is 9.18 Å². The predicted octanol–water partition coefficient (Wildman–Crippen LogP) is 3.08. The van der Waals surface area contributed by atoms with E-state index in [-0.39, 0.29) is 36.2 Å². The summed E-state index contributed by atoms with van der Waals surface area (Å²) in [6.45, 7) is 9.96. The Kier molecular flexibility index (Phi) is 10.7. The number of carbonyl (C=O) groups excluding carboxylic acids is 2. The Morgan fingerprint density at radius 1 is 1.30 bits per heavy atom. The first-order chi connectivity index (χ1) is 15.3. The number of amides is 3. The standard InChI is InChI=1S/C22H32FN3O6S/c1-13(2)24-20(29)22(4,5)25-21(30)26(14(3)33)12-18(32-10-9-19(27)28)16-11-15(23)7-8-17(16)31-6/h7-8,11,13,18,33H,3,9-10,12H2,1-2,4-6H3,(H,24,29)(H,25,30)(H,27,28)/t18-/m0/s1. The van der Waals surface area contributed by atoms with Crippen LogP contribution in [-0.4, -0.2) is 59.8 Å². The van der Waals surface area contributed by atoms with E-state index in [9.17, 15) is 18.8 Å². The van der Waals surface area contributed by atoms with Crippen molar-refractivity contribution in [2.24, 2.45) is 0 Å². The third-order valence-electron chi connectivity index (χ3n) is 4.49. The highest BCUT2D eigenvalue weighted by Gasteiger charge is 2.33. The van der Waals surface area contributed by atoms with Gasteiger partial charge in [-0.3, -0.25) is 14.5 Å². The quantitative estimate of drug-likeness (QED) is 0.338. The van der Waals surface area contributed by atoms with Crippen LogP contribution in [0.15, 0.2) is 29.8 Å². The maximum absolute atomic E-state index is 14.0. The highest BCUT2D eigenvalue weighted by Crippen LogP contribution is 2.30. The summed E-state index contributed by atoms with van der Waals surface area (Å²) < 4.78 is 25.0. The lowest BCUT2D eigenvalue weighted by Gasteiger charge is -2.32. The molecule has 0 saturated heterocycles. The van der Waals surface area contributed by atoms with Crippen molar-refractivity contribution in [2.45, 2.75) is 51.8 Å². The minimum atomic E-state index is -1.26. The number of hydrogen-bond acceptors (Lipinski definition) is 6. The highest BCUT2D eigenvalue weighted by atomic mass is 32.1. The van der Waals surface area contributed by atoms with E-state index in [1.807, 2.05) is 0 Å². The van der Waals surface area contributed by atoms with E-state index < -0.39 is 35.4 Å². The van der Waals surface area contributed by atoms with Crippen molar-refractivity contribution >= 4 is 30.5 Å². The molecule has 184 valence electrons. The van der Waals surface area contributed by atoms with Crippen LogP contribution in [0.25, 0.3) is 0 Å². The third kappa shape index (κ3) is 8.93. The molecule has 33 heavy (non-hydrogen) atoms. The molecule has 0 heterocycles. The number of thiol groups is 1. The van der Waals surface area contributed by atoms with E-state index in [1.54, 1.807) is 27.7 Å². The molecule has 0 aliphatic carbocycles. The van der Waals surface area contributed by atoms with Gasteiger partial charge in [-0.15, -0.1) is 12.6 Å². The van der Waals surface area contributed by atoms with Crippen molar-refractivity contribution in [1.29, 1.82) is 0 Å². The molecule has 9 nitrogen and oxygen atoms in total. The summed E-state index contributed by atoms with van der Waals surface area (Å²) in [6, 6.07) is 2.96. The molecule has 11 heteroatoms. The zero-order valence-electron chi connectivity index (χ0n) is 19.5. The van der Waals surface area contributed by atoms with Gasteiger partial charge >= 0.3 is 12.0 Å². The van der Waals surface area contributed by atoms with E-state index in [4.69, 9.17) is 14.6 Å². The molecule has 0 aromatic heterocycles. The van der Waals surface area contributed by atoms with Crippen LogP contribution >= 0.6 is 12.6 Å². The van der Waals surface area contributed by atoms with Crippen molar-refractivity contribution in [3.05, 3.63) is 41.2 Å². The summed E-state index contributed by atoms with van der Waals surface area (Å²) in [7, 11) is 1.39. The molecule has 0 unspecified atom stereocenters.